The first-order valence-electron chi connectivity index (χ1n) is 4.90. The Bertz CT molecular complexity index is 283. The Kier molecular flexibility index (Phi) is 3.67. The first-order chi connectivity index (χ1) is 6.50. The molecule has 2 atom stereocenters. The van der Waals surface area contributed by atoms with Gasteiger partial charge in [0.05, 0.1) is 12.2 Å². The third kappa shape index (κ3) is 2.82. The standard InChI is InChI=1S/C12H18O2/c1-8(2)4-5-10-6-11(13)7-12(14)9(10)3/h4-5,11-14H,3,6-7H2,1-2H3/b10-5-. The molecule has 14 heavy (non-hydrogen) atoms. The average molecular weight is 194 g/mol. The number of aliphatic hydroxyl groups is 2. The number of rotatable bonds is 1. The van der Waals surface area contributed by atoms with Crippen molar-refractivity contribution in [1.82, 2.24) is 0 Å². The second-order valence-corrected chi connectivity index (χ2v) is 4.07. The van der Waals surface area contributed by atoms with Crippen molar-refractivity contribution in [2.24, 2.45) is 0 Å². The minimum Gasteiger partial charge on any atom is -0.393 e. The van der Waals surface area contributed by atoms with Crippen LogP contribution < -0.4 is 0 Å². The first kappa shape index (κ1) is 11.2. The summed E-state index contributed by atoms with van der Waals surface area (Å²) in [7, 11) is 0. The second-order valence-electron chi connectivity index (χ2n) is 4.07. The molecule has 1 aliphatic rings. The van der Waals surface area contributed by atoms with E-state index in [2.05, 4.69) is 6.58 Å². The van der Waals surface area contributed by atoms with Gasteiger partial charge in [0.25, 0.3) is 0 Å². The van der Waals surface area contributed by atoms with Crippen LogP contribution in [0.2, 0.25) is 0 Å². The molecule has 2 N–H and O–H groups in total. The van der Waals surface area contributed by atoms with Gasteiger partial charge in [0.1, 0.15) is 0 Å². The molecule has 1 rings (SSSR count). The van der Waals surface area contributed by atoms with Gasteiger partial charge < -0.3 is 10.2 Å². The summed E-state index contributed by atoms with van der Waals surface area (Å²) in [5, 5.41) is 19.0. The minimum atomic E-state index is -0.587. The van der Waals surface area contributed by atoms with E-state index >= 15 is 0 Å². The predicted octanol–water partition coefficient (Wildman–Crippen LogP) is 1.95. The quantitative estimate of drug-likeness (QED) is 0.670. The Hall–Kier alpha value is -0.860. The van der Waals surface area contributed by atoms with Gasteiger partial charge in [-0.3, -0.25) is 0 Å². The monoisotopic (exact) mass is 194 g/mol. The van der Waals surface area contributed by atoms with Gasteiger partial charge in [-0.2, -0.15) is 0 Å². The molecule has 2 unspecified atom stereocenters. The van der Waals surface area contributed by atoms with Crippen LogP contribution in [0.4, 0.5) is 0 Å². The van der Waals surface area contributed by atoms with Gasteiger partial charge in [0, 0.05) is 6.42 Å². The van der Waals surface area contributed by atoms with E-state index in [-0.39, 0.29) is 0 Å². The topological polar surface area (TPSA) is 40.5 Å². The summed E-state index contributed by atoms with van der Waals surface area (Å²) in [6.07, 6.45) is 3.89. The number of hydrogen-bond donors (Lipinski definition) is 2. The molecule has 0 heterocycles. The molecule has 78 valence electrons. The molecule has 0 aromatic heterocycles. The van der Waals surface area contributed by atoms with Crippen molar-refractivity contribution in [3.63, 3.8) is 0 Å². The fourth-order valence-corrected chi connectivity index (χ4v) is 1.52. The highest BCUT2D eigenvalue weighted by molar-refractivity contribution is 5.37. The van der Waals surface area contributed by atoms with Crippen molar-refractivity contribution in [3.8, 4) is 0 Å². The Morgan fingerprint density at radius 2 is 2.07 bits per heavy atom. The van der Waals surface area contributed by atoms with Crippen molar-refractivity contribution in [2.45, 2.75) is 38.9 Å². The zero-order chi connectivity index (χ0) is 10.7. The van der Waals surface area contributed by atoms with Crippen LogP contribution in [0.1, 0.15) is 26.7 Å². The highest BCUT2D eigenvalue weighted by Gasteiger charge is 2.24. The molecule has 0 radical (unpaired) electrons. The average Bonchev–Trinajstić information content (AvgIpc) is 2.08. The molecule has 0 spiro atoms. The summed E-state index contributed by atoms with van der Waals surface area (Å²) in [6.45, 7) is 7.85. The van der Waals surface area contributed by atoms with Crippen LogP contribution in [0.3, 0.4) is 0 Å². The fraction of sp³-hybridized carbons (Fsp3) is 0.500. The van der Waals surface area contributed by atoms with E-state index < -0.39 is 12.2 Å². The molecule has 1 aliphatic carbocycles. The Labute approximate surface area is 85.3 Å². The largest absolute Gasteiger partial charge is 0.393 e. The van der Waals surface area contributed by atoms with Gasteiger partial charge in [0.2, 0.25) is 0 Å². The molecule has 0 bridgehead atoms. The molecule has 0 aromatic rings. The fourth-order valence-electron chi connectivity index (χ4n) is 1.52. The van der Waals surface area contributed by atoms with Gasteiger partial charge in [-0.15, -0.1) is 0 Å². The second kappa shape index (κ2) is 4.58. The number of allylic oxidation sites excluding steroid dienone is 3. The highest BCUT2D eigenvalue weighted by atomic mass is 16.3. The minimum absolute atomic E-state index is 0.408. The number of aliphatic hydroxyl groups excluding tert-OH is 2. The predicted molar refractivity (Wildman–Crippen MR) is 57.9 cm³/mol. The van der Waals surface area contributed by atoms with Crippen molar-refractivity contribution in [2.75, 3.05) is 0 Å². The van der Waals surface area contributed by atoms with Crippen LogP contribution in [0, 0.1) is 0 Å². The molecular formula is C12H18O2. The molecule has 0 amide bonds. The van der Waals surface area contributed by atoms with Gasteiger partial charge in [-0.1, -0.05) is 24.3 Å². The van der Waals surface area contributed by atoms with Crippen LogP contribution in [-0.4, -0.2) is 22.4 Å². The van der Waals surface area contributed by atoms with Gasteiger partial charge in [-0.25, -0.2) is 0 Å². The van der Waals surface area contributed by atoms with E-state index in [0.29, 0.717) is 12.8 Å². The van der Waals surface area contributed by atoms with Crippen LogP contribution in [0.15, 0.2) is 35.5 Å². The summed E-state index contributed by atoms with van der Waals surface area (Å²) in [4.78, 5) is 0. The lowest BCUT2D eigenvalue weighted by atomic mass is 9.86. The lowest BCUT2D eigenvalue weighted by Gasteiger charge is -2.26. The molecule has 2 heteroatoms. The maximum absolute atomic E-state index is 9.56. The van der Waals surface area contributed by atoms with Crippen molar-refractivity contribution in [1.29, 1.82) is 0 Å². The van der Waals surface area contributed by atoms with E-state index in [0.717, 1.165) is 11.1 Å². The molecule has 0 aliphatic heterocycles. The molecular weight excluding hydrogens is 176 g/mol. The van der Waals surface area contributed by atoms with Crippen molar-refractivity contribution >= 4 is 0 Å². The summed E-state index contributed by atoms with van der Waals surface area (Å²) in [5.41, 5.74) is 2.89. The molecule has 1 saturated carbocycles. The normalized spacial score (nSPS) is 30.6. The first-order valence-corrected chi connectivity index (χ1v) is 4.90. The van der Waals surface area contributed by atoms with E-state index in [4.69, 9.17) is 0 Å². The lowest BCUT2D eigenvalue weighted by Crippen LogP contribution is -2.26. The third-order valence-electron chi connectivity index (χ3n) is 2.38. The zero-order valence-corrected chi connectivity index (χ0v) is 8.83. The van der Waals surface area contributed by atoms with E-state index in [9.17, 15) is 10.2 Å². The smallest absolute Gasteiger partial charge is 0.0811 e. The highest BCUT2D eigenvalue weighted by Crippen LogP contribution is 2.28. The van der Waals surface area contributed by atoms with Crippen molar-refractivity contribution < 1.29 is 10.2 Å². The SMILES string of the molecule is C=C1/C(=C\C=C(C)C)CC(O)CC1O. The van der Waals surface area contributed by atoms with Gasteiger partial charge in [0.15, 0.2) is 0 Å². The van der Waals surface area contributed by atoms with Gasteiger partial charge >= 0.3 is 0 Å². The Morgan fingerprint density at radius 3 is 2.64 bits per heavy atom. The number of hydrogen-bond acceptors (Lipinski definition) is 2. The maximum atomic E-state index is 9.56. The molecule has 2 nitrogen and oxygen atoms in total. The summed E-state index contributed by atoms with van der Waals surface area (Å²) >= 11 is 0. The summed E-state index contributed by atoms with van der Waals surface area (Å²) in [5.74, 6) is 0. The zero-order valence-electron chi connectivity index (χ0n) is 8.83. The lowest BCUT2D eigenvalue weighted by molar-refractivity contribution is 0.0862. The van der Waals surface area contributed by atoms with E-state index in [1.165, 1.54) is 5.57 Å². The van der Waals surface area contributed by atoms with E-state index in [1.807, 2.05) is 26.0 Å². The molecule has 1 fully saturated rings. The van der Waals surface area contributed by atoms with Crippen LogP contribution in [0.5, 0.6) is 0 Å². The van der Waals surface area contributed by atoms with E-state index in [1.54, 1.807) is 0 Å². The maximum Gasteiger partial charge on any atom is 0.0811 e. The van der Waals surface area contributed by atoms with Crippen LogP contribution >= 0.6 is 0 Å². The Balaban J connectivity index is 2.81. The van der Waals surface area contributed by atoms with Crippen LogP contribution in [-0.2, 0) is 0 Å². The van der Waals surface area contributed by atoms with Crippen molar-refractivity contribution in [3.05, 3.63) is 35.5 Å². The summed E-state index contributed by atoms with van der Waals surface area (Å²) < 4.78 is 0. The van der Waals surface area contributed by atoms with Crippen LogP contribution in [0.25, 0.3) is 0 Å². The third-order valence-corrected chi connectivity index (χ3v) is 2.38. The molecule has 0 saturated heterocycles. The Morgan fingerprint density at radius 1 is 1.43 bits per heavy atom. The molecule has 0 aromatic carbocycles. The van der Waals surface area contributed by atoms with Gasteiger partial charge in [-0.05, 0) is 31.4 Å². The summed E-state index contributed by atoms with van der Waals surface area (Å²) in [6, 6.07) is 0.